The third-order valence-electron chi connectivity index (χ3n) is 2.89. The van der Waals surface area contributed by atoms with Gasteiger partial charge in [0.05, 0.1) is 0 Å². The molecule has 16 heavy (non-hydrogen) atoms. The van der Waals surface area contributed by atoms with E-state index in [0.717, 1.165) is 18.5 Å². The lowest BCUT2D eigenvalue weighted by molar-refractivity contribution is -0.127. The fourth-order valence-corrected chi connectivity index (χ4v) is 2.08. The fourth-order valence-electron chi connectivity index (χ4n) is 1.95. The number of amides is 1. The topological polar surface area (TPSA) is 46.3 Å². The van der Waals surface area contributed by atoms with Crippen molar-refractivity contribution in [3.63, 3.8) is 0 Å². The Balaban J connectivity index is 1.99. The Bertz CT molecular complexity index is 377. The Morgan fingerprint density at radius 2 is 2.06 bits per heavy atom. The maximum Gasteiger partial charge on any atom is 0.222 e. The molecule has 0 radical (unpaired) electrons. The SMILES string of the molecule is NC(CN1CCCC1=O)c1ccc(Cl)cc1. The van der Waals surface area contributed by atoms with Crippen molar-refractivity contribution in [1.29, 1.82) is 0 Å². The van der Waals surface area contributed by atoms with Gasteiger partial charge in [0.25, 0.3) is 0 Å². The van der Waals surface area contributed by atoms with Gasteiger partial charge in [-0.05, 0) is 24.1 Å². The van der Waals surface area contributed by atoms with E-state index in [9.17, 15) is 4.79 Å². The molecule has 1 aromatic rings. The molecule has 0 aromatic heterocycles. The average molecular weight is 239 g/mol. The molecule has 1 aliphatic rings. The molecule has 1 aliphatic heterocycles. The van der Waals surface area contributed by atoms with Crippen molar-refractivity contribution < 1.29 is 4.79 Å². The van der Waals surface area contributed by atoms with E-state index in [1.54, 1.807) is 0 Å². The third kappa shape index (κ3) is 2.54. The van der Waals surface area contributed by atoms with E-state index in [0.29, 0.717) is 18.0 Å². The zero-order chi connectivity index (χ0) is 11.5. The summed E-state index contributed by atoms with van der Waals surface area (Å²) in [6, 6.07) is 7.34. The number of hydrogen-bond acceptors (Lipinski definition) is 2. The molecule has 0 aliphatic carbocycles. The fraction of sp³-hybridized carbons (Fsp3) is 0.417. The van der Waals surface area contributed by atoms with Crippen LogP contribution in [0.2, 0.25) is 5.02 Å². The number of hydrogen-bond donors (Lipinski definition) is 1. The largest absolute Gasteiger partial charge is 0.341 e. The molecule has 1 heterocycles. The van der Waals surface area contributed by atoms with Gasteiger partial charge in [-0.25, -0.2) is 0 Å². The summed E-state index contributed by atoms with van der Waals surface area (Å²) in [7, 11) is 0. The summed E-state index contributed by atoms with van der Waals surface area (Å²) in [5.74, 6) is 0.212. The summed E-state index contributed by atoms with van der Waals surface area (Å²) in [5, 5.41) is 0.702. The van der Waals surface area contributed by atoms with Crippen molar-refractivity contribution in [2.45, 2.75) is 18.9 Å². The summed E-state index contributed by atoms with van der Waals surface area (Å²) in [5.41, 5.74) is 7.07. The van der Waals surface area contributed by atoms with E-state index < -0.39 is 0 Å². The third-order valence-corrected chi connectivity index (χ3v) is 3.14. The van der Waals surface area contributed by atoms with Gasteiger partial charge in [0.1, 0.15) is 0 Å². The summed E-state index contributed by atoms with van der Waals surface area (Å²) < 4.78 is 0. The number of nitrogens with two attached hydrogens (primary N) is 1. The molecule has 1 saturated heterocycles. The first-order valence-electron chi connectivity index (χ1n) is 5.45. The van der Waals surface area contributed by atoms with E-state index >= 15 is 0 Å². The van der Waals surface area contributed by atoms with Crippen molar-refractivity contribution in [3.8, 4) is 0 Å². The van der Waals surface area contributed by atoms with E-state index in [-0.39, 0.29) is 11.9 Å². The predicted molar refractivity (Wildman–Crippen MR) is 64.2 cm³/mol. The standard InChI is InChI=1S/C12H15ClN2O/c13-10-5-3-9(4-6-10)11(14)8-15-7-1-2-12(15)16/h3-6,11H,1-2,7-8,14H2. The Labute approximate surface area is 100 Å². The first-order valence-corrected chi connectivity index (χ1v) is 5.83. The van der Waals surface area contributed by atoms with E-state index in [1.165, 1.54) is 0 Å². The van der Waals surface area contributed by atoms with Crippen LogP contribution in [0.5, 0.6) is 0 Å². The van der Waals surface area contributed by atoms with Gasteiger partial charge >= 0.3 is 0 Å². The van der Waals surface area contributed by atoms with Gasteiger partial charge in [-0.3, -0.25) is 4.79 Å². The molecule has 3 nitrogen and oxygen atoms in total. The lowest BCUT2D eigenvalue weighted by Crippen LogP contribution is -2.32. The quantitative estimate of drug-likeness (QED) is 0.875. The molecule has 1 amide bonds. The van der Waals surface area contributed by atoms with Crippen LogP contribution in [0, 0.1) is 0 Å². The summed E-state index contributed by atoms with van der Waals surface area (Å²) in [6.07, 6.45) is 1.61. The number of benzene rings is 1. The highest BCUT2D eigenvalue weighted by Gasteiger charge is 2.22. The lowest BCUT2D eigenvalue weighted by Gasteiger charge is -2.20. The van der Waals surface area contributed by atoms with Crippen molar-refractivity contribution in [3.05, 3.63) is 34.9 Å². The van der Waals surface area contributed by atoms with Crippen LogP contribution < -0.4 is 5.73 Å². The Morgan fingerprint density at radius 1 is 1.38 bits per heavy atom. The second-order valence-electron chi connectivity index (χ2n) is 4.10. The summed E-state index contributed by atoms with van der Waals surface area (Å²) in [4.78, 5) is 13.3. The molecule has 1 aromatic carbocycles. The van der Waals surface area contributed by atoms with E-state index in [1.807, 2.05) is 29.2 Å². The molecular weight excluding hydrogens is 224 g/mol. The minimum atomic E-state index is -0.126. The maximum absolute atomic E-state index is 11.4. The highest BCUT2D eigenvalue weighted by atomic mass is 35.5. The first-order chi connectivity index (χ1) is 7.66. The minimum Gasteiger partial charge on any atom is -0.341 e. The van der Waals surface area contributed by atoms with Crippen LogP contribution in [0.1, 0.15) is 24.4 Å². The summed E-state index contributed by atoms with van der Waals surface area (Å²) in [6.45, 7) is 1.43. The highest BCUT2D eigenvalue weighted by molar-refractivity contribution is 6.30. The maximum atomic E-state index is 11.4. The Morgan fingerprint density at radius 3 is 2.62 bits per heavy atom. The van der Waals surface area contributed by atoms with Crippen molar-refractivity contribution in [2.75, 3.05) is 13.1 Å². The van der Waals surface area contributed by atoms with Crippen molar-refractivity contribution in [2.24, 2.45) is 5.73 Å². The van der Waals surface area contributed by atoms with Crippen LogP contribution in [0.4, 0.5) is 0 Å². The van der Waals surface area contributed by atoms with Crippen LogP contribution in [0.15, 0.2) is 24.3 Å². The second kappa shape index (κ2) is 4.85. The molecule has 86 valence electrons. The van der Waals surface area contributed by atoms with Gasteiger partial charge in [-0.15, -0.1) is 0 Å². The molecular formula is C12H15ClN2O. The molecule has 0 bridgehead atoms. The Kier molecular flexibility index (Phi) is 3.46. The number of likely N-dealkylation sites (tertiary alicyclic amines) is 1. The molecule has 1 atom stereocenters. The van der Waals surface area contributed by atoms with Crippen LogP contribution in [0.25, 0.3) is 0 Å². The van der Waals surface area contributed by atoms with Gasteiger partial charge < -0.3 is 10.6 Å². The van der Waals surface area contributed by atoms with E-state index in [4.69, 9.17) is 17.3 Å². The van der Waals surface area contributed by atoms with Gasteiger partial charge in [-0.1, -0.05) is 23.7 Å². The van der Waals surface area contributed by atoms with Gasteiger partial charge in [0.2, 0.25) is 5.91 Å². The molecule has 0 saturated carbocycles. The van der Waals surface area contributed by atoms with E-state index in [2.05, 4.69) is 0 Å². The zero-order valence-corrected chi connectivity index (χ0v) is 9.78. The Hall–Kier alpha value is -1.06. The number of halogens is 1. The molecule has 4 heteroatoms. The van der Waals surface area contributed by atoms with Crippen LogP contribution >= 0.6 is 11.6 Å². The zero-order valence-electron chi connectivity index (χ0n) is 9.03. The highest BCUT2D eigenvalue weighted by Crippen LogP contribution is 2.18. The molecule has 2 N–H and O–H groups in total. The summed E-state index contributed by atoms with van der Waals surface area (Å²) >= 11 is 5.80. The monoisotopic (exact) mass is 238 g/mol. The van der Waals surface area contributed by atoms with Crippen LogP contribution in [0.3, 0.4) is 0 Å². The number of carbonyl (C=O) groups is 1. The smallest absolute Gasteiger partial charge is 0.222 e. The lowest BCUT2D eigenvalue weighted by atomic mass is 10.1. The average Bonchev–Trinajstić information content (AvgIpc) is 2.65. The molecule has 1 fully saturated rings. The number of rotatable bonds is 3. The van der Waals surface area contributed by atoms with Gasteiger partial charge in [-0.2, -0.15) is 0 Å². The van der Waals surface area contributed by atoms with Gasteiger partial charge in [0.15, 0.2) is 0 Å². The second-order valence-corrected chi connectivity index (χ2v) is 4.54. The molecule has 2 rings (SSSR count). The number of carbonyl (C=O) groups excluding carboxylic acids is 1. The molecule has 1 unspecified atom stereocenters. The van der Waals surface area contributed by atoms with Crippen LogP contribution in [-0.4, -0.2) is 23.9 Å². The number of nitrogens with zero attached hydrogens (tertiary/aromatic N) is 1. The van der Waals surface area contributed by atoms with Crippen molar-refractivity contribution in [1.82, 2.24) is 4.90 Å². The van der Waals surface area contributed by atoms with Crippen molar-refractivity contribution >= 4 is 17.5 Å². The van der Waals surface area contributed by atoms with Gasteiger partial charge in [0, 0.05) is 30.6 Å². The first kappa shape index (κ1) is 11.4. The van der Waals surface area contributed by atoms with Crippen LogP contribution in [-0.2, 0) is 4.79 Å². The minimum absolute atomic E-state index is 0.126. The predicted octanol–water partition coefficient (Wildman–Crippen LogP) is 1.96. The normalized spacial score (nSPS) is 17.9. The molecule has 0 spiro atoms.